The second kappa shape index (κ2) is 20.5. The number of carbonyl (C=O) groups excluding carboxylic acids is 6. The lowest BCUT2D eigenvalue weighted by Gasteiger charge is -2.26. The Morgan fingerprint density at radius 3 is 1.80 bits per heavy atom. The highest BCUT2D eigenvalue weighted by Gasteiger charge is 2.28. The Balaban J connectivity index is 1.71. The number of rotatable bonds is 11. The van der Waals surface area contributed by atoms with Crippen molar-refractivity contribution in [2.45, 2.75) is 118 Å². The molecule has 0 aliphatic heterocycles. The van der Waals surface area contributed by atoms with Gasteiger partial charge in [-0.2, -0.15) is 0 Å². The summed E-state index contributed by atoms with van der Waals surface area (Å²) in [4.78, 5) is 83.0. The number of halogens is 1. The van der Waals surface area contributed by atoms with Crippen LogP contribution < -0.4 is 15.4 Å². The van der Waals surface area contributed by atoms with Crippen LogP contribution in [0.25, 0.3) is 0 Å². The fourth-order valence-electron chi connectivity index (χ4n) is 5.24. The van der Waals surface area contributed by atoms with Gasteiger partial charge in [0.15, 0.2) is 0 Å². The summed E-state index contributed by atoms with van der Waals surface area (Å²) in [5.41, 5.74) is -1.84. The van der Waals surface area contributed by atoms with Crippen LogP contribution >= 0.6 is 11.6 Å². The summed E-state index contributed by atoms with van der Waals surface area (Å²) in [5.74, 6) is -2.60. The maximum Gasteiger partial charge on any atom is 0.437 e. The molecule has 0 fully saturated rings. The second-order valence-electron chi connectivity index (χ2n) is 17.9. The van der Waals surface area contributed by atoms with E-state index in [4.69, 9.17) is 35.3 Å². The van der Waals surface area contributed by atoms with E-state index >= 15 is 0 Å². The molecule has 0 aromatic heterocycles. The van der Waals surface area contributed by atoms with Gasteiger partial charge in [-0.1, -0.05) is 29.8 Å². The Morgan fingerprint density at radius 1 is 0.672 bits per heavy atom. The largest absolute Gasteiger partial charge is 0.459 e. The van der Waals surface area contributed by atoms with E-state index in [-0.39, 0.29) is 41.5 Å². The first-order valence-corrected chi connectivity index (χ1v) is 20.0. The molecule has 0 heterocycles. The smallest absolute Gasteiger partial charge is 0.437 e. The quantitative estimate of drug-likeness (QED) is 0.0613. The number of nitrogens with one attached hydrogen (secondary N) is 2. The first kappa shape index (κ1) is 49.4. The van der Waals surface area contributed by atoms with Gasteiger partial charge < -0.3 is 33.9 Å². The molecule has 0 aliphatic rings. The molecule has 61 heavy (non-hydrogen) atoms. The van der Waals surface area contributed by atoms with Crippen molar-refractivity contribution in [2.75, 3.05) is 18.4 Å². The zero-order chi connectivity index (χ0) is 45.9. The molecule has 0 bridgehead atoms. The van der Waals surface area contributed by atoms with Crippen LogP contribution in [-0.4, -0.2) is 82.4 Å². The number of hydrogen-bond donors (Lipinski definition) is 2. The van der Waals surface area contributed by atoms with Crippen molar-refractivity contribution >= 4 is 59.2 Å². The van der Waals surface area contributed by atoms with Gasteiger partial charge >= 0.3 is 30.1 Å². The average Bonchev–Trinajstić information content (AvgIpc) is 3.08. The highest BCUT2D eigenvalue weighted by molar-refractivity contribution is 6.31. The van der Waals surface area contributed by atoms with E-state index < -0.39 is 58.4 Å². The summed E-state index contributed by atoms with van der Waals surface area (Å²) in [6.45, 7) is 20.2. The number of nitrogens with zero attached hydrogens (tertiary/aromatic N) is 2. The Hall–Kier alpha value is -5.96. The van der Waals surface area contributed by atoms with Gasteiger partial charge in [-0.25, -0.2) is 19.2 Å². The topological polar surface area (TPSA) is 188 Å². The van der Waals surface area contributed by atoms with E-state index in [0.29, 0.717) is 29.1 Å². The number of guanidine groups is 1. The van der Waals surface area contributed by atoms with Crippen molar-refractivity contribution in [1.82, 2.24) is 10.2 Å². The average molecular weight is 865 g/mol. The minimum absolute atomic E-state index is 0.0730. The molecule has 0 radical (unpaired) electrons. The number of anilines is 1. The van der Waals surface area contributed by atoms with E-state index in [1.165, 1.54) is 47.4 Å². The lowest BCUT2D eigenvalue weighted by molar-refractivity contribution is -0.155. The number of carbonyl (C=O) groups is 6. The Morgan fingerprint density at radius 2 is 1.25 bits per heavy atom. The summed E-state index contributed by atoms with van der Waals surface area (Å²) < 4.78 is 27.1. The van der Waals surface area contributed by atoms with Crippen LogP contribution in [0.4, 0.5) is 15.3 Å². The van der Waals surface area contributed by atoms with Crippen LogP contribution in [0.15, 0.2) is 71.7 Å². The highest BCUT2D eigenvalue weighted by atomic mass is 35.5. The molecular weight excluding hydrogens is 808 g/mol. The molecule has 3 rings (SSSR count). The van der Waals surface area contributed by atoms with E-state index in [2.05, 4.69) is 15.6 Å². The zero-order valence-electron chi connectivity index (χ0n) is 36.9. The third-order valence-corrected chi connectivity index (χ3v) is 7.86. The fourth-order valence-corrected chi connectivity index (χ4v) is 5.51. The Bertz CT molecular complexity index is 2110. The number of aliphatic imine (C=N–C) groups is 1. The van der Waals surface area contributed by atoms with Crippen LogP contribution in [-0.2, 0) is 30.2 Å². The number of esters is 3. The number of ether oxygens (including phenoxy) is 5. The van der Waals surface area contributed by atoms with Crippen LogP contribution in [0.5, 0.6) is 5.75 Å². The van der Waals surface area contributed by atoms with Crippen LogP contribution in [0.3, 0.4) is 0 Å². The van der Waals surface area contributed by atoms with Crippen molar-refractivity contribution in [1.29, 1.82) is 0 Å². The Labute approximate surface area is 362 Å². The molecular formula is C45H57ClN4O11. The number of hydrogen-bond acceptors (Lipinski definition) is 11. The van der Waals surface area contributed by atoms with Crippen LogP contribution in [0.1, 0.15) is 126 Å². The van der Waals surface area contributed by atoms with E-state index in [9.17, 15) is 28.8 Å². The molecule has 0 spiro atoms. The second-order valence-corrected chi connectivity index (χ2v) is 18.3. The van der Waals surface area contributed by atoms with Crippen molar-refractivity contribution in [3.8, 4) is 5.75 Å². The Kier molecular flexibility index (Phi) is 16.6. The summed E-state index contributed by atoms with van der Waals surface area (Å²) in [6, 6.07) is 17.0. The molecule has 0 saturated heterocycles. The van der Waals surface area contributed by atoms with Gasteiger partial charge in [0, 0.05) is 17.3 Å². The van der Waals surface area contributed by atoms with Gasteiger partial charge in [0.05, 0.1) is 16.7 Å². The molecule has 0 atom stereocenters. The first-order chi connectivity index (χ1) is 28.1. The SMILES string of the molecule is CC(C)(C)OC(=O)CN(CCCc1ccc(OC(=O)c2ccc(N/C(=N\C(=O)OC(C)(C)C)NC(=O)OC(C)(C)C)cc2)cc1Cl)C(=O)c1ccccc1C(=O)OC(C)(C)C. The maximum atomic E-state index is 13.9. The highest BCUT2D eigenvalue weighted by Crippen LogP contribution is 2.26. The molecule has 3 amide bonds. The molecule has 2 N–H and O–H groups in total. The van der Waals surface area contributed by atoms with Gasteiger partial charge in [0.25, 0.3) is 5.91 Å². The lowest BCUT2D eigenvalue weighted by atomic mass is 10.0. The van der Waals surface area contributed by atoms with E-state index in [1.807, 2.05) is 0 Å². The van der Waals surface area contributed by atoms with Gasteiger partial charge in [0.1, 0.15) is 34.7 Å². The minimum Gasteiger partial charge on any atom is -0.459 e. The van der Waals surface area contributed by atoms with E-state index in [0.717, 1.165) is 0 Å². The lowest BCUT2D eigenvalue weighted by Crippen LogP contribution is -2.40. The molecule has 330 valence electrons. The predicted octanol–water partition coefficient (Wildman–Crippen LogP) is 9.16. The zero-order valence-corrected chi connectivity index (χ0v) is 37.7. The number of benzene rings is 3. The van der Waals surface area contributed by atoms with Gasteiger partial charge in [-0.05, 0) is 150 Å². The molecule has 16 heteroatoms. The molecule has 0 aliphatic carbocycles. The van der Waals surface area contributed by atoms with E-state index in [1.54, 1.807) is 107 Å². The maximum absolute atomic E-state index is 13.9. The predicted molar refractivity (Wildman–Crippen MR) is 231 cm³/mol. The summed E-state index contributed by atoms with van der Waals surface area (Å²) in [5, 5.41) is 5.52. The monoisotopic (exact) mass is 864 g/mol. The number of amides is 3. The third-order valence-electron chi connectivity index (χ3n) is 7.51. The number of aryl methyl sites for hydroxylation is 1. The van der Waals surface area contributed by atoms with Crippen molar-refractivity contribution in [2.24, 2.45) is 4.99 Å². The fraction of sp³-hybridized carbons (Fsp3) is 0.444. The minimum atomic E-state index is -0.954. The number of alkyl carbamates (subject to hydrolysis) is 1. The van der Waals surface area contributed by atoms with Gasteiger partial charge in [0.2, 0.25) is 5.96 Å². The third kappa shape index (κ3) is 18.1. The molecule has 3 aromatic carbocycles. The summed E-state index contributed by atoms with van der Waals surface area (Å²) in [6.07, 6.45) is -1.06. The van der Waals surface area contributed by atoms with Gasteiger partial charge in [-0.15, -0.1) is 4.99 Å². The van der Waals surface area contributed by atoms with Gasteiger partial charge in [-0.3, -0.25) is 14.9 Å². The molecule has 3 aromatic rings. The summed E-state index contributed by atoms with van der Waals surface area (Å²) in [7, 11) is 0. The standard InChI is InChI=1S/C45H57ClN4O11/c1-42(2,3)58-35(51)27-50(36(52)32-17-13-14-18-33(32)38(54)59-43(4,5)6)25-15-16-28-21-24-31(26-34(28)46)57-37(53)29-19-22-30(23-20-29)47-39(48-40(55)60-44(7,8)9)49-41(56)61-45(10,11)12/h13-14,17-24,26H,15-16,25,27H2,1-12H3,(H2,47,48,49,55,56). The van der Waals surface area contributed by atoms with Crippen molar-refractivity contribution in [3.63, 3.8) is 0 Å². The molecule has 0 saturated carbocycles. The first-order valence-electron chi connectivity index (χ1n) is 19.6. The van der Waals surface area contributed by atoms with Crippen LogP contribution in [0.2, 0.25) is 5.02 Å². The molecule has 0 unspecified atom stereocenters. The normalized spacial score (nSPS) is 12.1. The summed E-state index contributed by atoms with van der Waals surface area (Å²) >= 11 is 6.62. The molecule has 15 nitrogen and oxygen atoms in total. The van der Waals surface area contributed by atoms with Crippen molar-refractivity contribution in [3.05, 3.63) is 94.0 Å². The van der Waals surface area contributed by atoms with Crippen LogP contribution in [0, 0.1) is 0 Å². The van der Waals surface area contributed by atoms with Crippen molar-refractivity contribution < 1.29 is 52.5 Å².